The Hall–Kier alpha value is -3.27. The molecule has 1 aliphatic heterocycles. The topological polar surface area (TPSA) is 102 Å². The van der Waals surface area contributed by atoms with Gasteiger partial charge < -0.3 is 9.88 Å². The molecule has 1 aliphatic rings. The van der Waals surface area contributed by atoms with Crippen LogP contribution in [0.3, 0.4) is 0 Å². The highest BCUT2D eigenvalue weighted by molar-refractivity contribution is 7.82. The Morgan fingerprint density at radius 3 is 2.55 bits per heavy atom. The summed E-state index contributed by atoms with van der Waals surface area (Å²) in [5.74, 6) is -0.0693. The maximum absolute atomic E-state index is 13.0. The van der Waals surface area contributed by atoms with Gasteiger partial charge in [0.15, 0.2) is 0 Å². The summed E-state index contributed by atoms with van der Waals surface area (Å²) < 4.78 is 14.7. The molecule has 168 valence electrons. The van der Waals surface area contributed by atoms with E-state index in [0.717, 1.165) is 22.0 Å². The first-order valence-corrected chi connectivity index (χ1v) is 11.8. The van der Waals surface area contributed by atoms with Crippen LogP contribution in [0.15, 0.2) is 70.5 Å². The van der Waals surface area contributed by atoms with Crippen LogP contribution in [0.1, 0.15) is 5.56 Å². The number of nitrogens with zero attached hydrogens (tertiary/aromatic N) is 3. The number of aromatic nitrogens is 3. The van der Waals surface area contributed by atoms with E-state index in [1.54, 1.807) is 21.3 Å². The van der Waals surface area contributed by atoms with Gasteiger partial charge in [-0.15, -0.1) is 0 Å². The number of rotatable bonds is 5. The Balaban J connectivity index is 1.23. The Kier molecular flexibility index (Phi) is 5.84. The fourth-order valence-corrected chi connectivity index (χ4v) is 5.17. The van der Waals surface area contributed by atoms with Gasteiger partial charge in [-0.25, -0.2) is 13.6 Å². The number of fused-ring (bicyclic) bond motifs is 1. The van der Waals surface area contributed by atoms with Crippen LogP contribution in [0.4, 0.5) is 0 Å². The number of nitrogens with one attached hydrogen (secondary N) is 2. The minimum Gasteiger partial charge on any atom is -0.347 e. The number of benzene rings is 2. The molecule has 1 unspecified atom stereocenters. The van der Waals surface area contributed by atoms with Crippen LogP contribution in [0.5, 0.6) is 0 Å². The molecule has 10 heteroatoms. The van der Waals surface area contributed by atoms with Gasteiger partial charge in [0.1, 0.15) is 16.0 Å². The van der Waals surface area contributed by atoms with E-state index < -0.39 is 11.0 Å². The lowest BCUT2D eigenvalue weighted by Crippen LogP contribution is -2.50. The Labute approximate surface area is 196 Å². The number of hydrogen-bond donors (Lipinski definition) is 2. The molecule has 1 fully saturated rings. The zero-order valence-electron chi connectivity index (χ0n) is 17.5. The summed E-state index contributed by atoms with van der Waals surface area (Å²) in [4.78, 5) is 28.9. The van der Waals surface area contributed by atoms with Gasteiger partial charge in [0.25, 0.3) is 5.56 Å². The Morgan fingerprint density at radius 1 is 1.00 bits per heavy atom. The molecule has 1 atom stereocenters. The van der Waals surface area contributed by atoms with Crippen LogP contribution >= 0.6 is 11.6 Å². The first-order chi connectivity index (χ1) is 16.0. The number of piperazine rings is 1. The van der Waals surface area contributed by atoms with Crippen LogP contribution in [-0.4, -0.2) is 54.1 Å². The number of aromatic amines is 2. The first-order valence-electron chi connectivity index (χ1n) is 10.3. The second kappa shape index (κ2) is 8.93. The summed E-state index contributed by atoms with van der Waals surface area (Å²) in [5, 5.41) is 8.51. The molecule has 4 aromatic rings. The summed E-state index contributed by atoms with van der Waals surface area (Å²) >= 11 is 6.04. The average Bonchev–Trinajstić information content (AvgIpc) is 3.24. The summed E-state index contributed by atoms with van der Waals surface area (Å²) in [6.07, 6.45) is 0. The minimum absolute atomic E-state index is 0.0693. The predicted octanol–water partition coefficient (Wildman–Crippen LogP) is 2.94. The van der Waals surface area contributed by atoms with E-state index in [0.29, 0.717) is 35.4 Å². The maximum Gasteiger partial charge on any atom is 0.264 e. The number of amides is 1. The molecule has 8 nitrogen and oxygen atoms in total. The van der Waals surface area contributed by atoms with Crippen LogP contribution in [0, 0.1) is 0 Å². The lowest BCUT2D eigenvalue weighted by molar-refractivity contribution is -0.134. The molecule has 2 aromatic heterocycles. The van der Waals surface area contributed by atoms with Crippen molar-refractivity contribution < 1.29 is 9.00 Å². The highest BCUT2D eigenvalue weighted by Crippen LogP contribution is 2.24. The fourth-order valence-electron chi connectivity index (χ4n) is 3.81. The molecule has 3 heterocycles. The van der Waals surface area contributed by atoms with Crippen molar-refractivity contribution in [2.75, 3.05) is 19.6 Å². The quantitative estimate of drug-likeness (QED) is 0.457. The van der Waals surface area contributed by atoms with Gasteiger partial charge in [-0.3, -0.25) is 9.59 Å². The monoisotopic (exact) mass is 481 g/mol. The second-order valence-corrected chi connectivity index (χ2v) is 9.69. The van der Waals surface area contributed by atoms with E-state index in [1.807, 2.05) is 42.5 Å². The zero-order valence-corrected chi connectivity index (χ0v) is 19.0. The van der Waals surface area contributed by atoms with Crippen molar-refractivity contribution in [1.82, 2.24) is 24.4 Å². The van der Waals surface area contributed by atoms with E-state index in [1.165, 1.54) is 6.07 Å². The second-order valence-electron chi connectivity index (χ2n) is 7.80. The molecular formula is C23H20ClN5O3S. The van der Waals surface area contributed by atoms with Crippen molar-refractivity contribution in [2.24, 2.45) is 0 Å². The standard InChI is InChI=1S/C23H20ClN5O3S/c24-18-5-6-19-17(11-18)12-22(25-19)33(32)29-10-9-28(23(31)14-29)13-15-1-3-16(4-2-15)20-7-8-21(30)27-26-20/h1-8,11-12,25H,9-10,13-14H2,(H,27,30). The molecule has 5 rings (SSSR count). The summed E-state index contributed by atoms with van der Waals surface area (Å²) in [6, 6.07) is 18.1. The van der Waals surface area contributed by atoms with E-state index in [-0.39, 0.29) is 18.0 Å². The lowest BCUT2D eigenvalue weighted by Gasteiger charge is -2.33. The summed E-state index contributed by atoms with van der Waals surface area (Å²) in [7, 11) is -1.46. The van der Waals surface area contributed by atoms with Crippen molar-refractivity contribution in [3.8, 4) is 11.3 Å². The maximum atomic E-state index is 13.0. The molecule has 1 amide bonds. The SMILES string of the molecule is O=C1CN(S(=O)c2cc3cc(Cl)ccc3[nH]2)CCN1Cc1ccc(-c2ccc(=O)[nH]n2)cc1. The molecule has 2 aromatic carbocycles. The van der Waals surface area contributed by atoms with Crippen LogP contribution in [0.2, 0.25) is 5.02 Å². The van der Waals surface area contributed by atoms with Crippen molar-refractivity contribution in [3.05, 3.63) is 81.6 Å². The number of H-pyrrole nitrogens is 2. The Morgan fingerprint density at radius 2 is 1.82 bits per heavy atom. The average molecular weight is 482 g/mol. The molecule has 0 aliphatic carbocycles. The molecule has 1 saturated heterocycles. The number of carbonyl (C=O) groups excluding carboxylic acids is 1. The van der Waals surface area contributed by atoms with Gasteiger partial charge in [-0.1, -0.05) is 35.9 Å². The highest BCUT2D eigenvalue weighted by atomic mass is 35.5. The number of hydrogen-bond acceptors (Lipinski definition) is 4. The predicted molar refractivity (Wildman–Crippen MR) is 127 cm³/mol. The number of carbonyl (C=O) groups is 1. The van der Waals surface area contributed by atoms with Gasteiger partial charge >= 0.3 is 0 Å². The molecule has 0 bridgehead atoms. The van der Waals surface area contributed by atoms with Crippen molar-refractivity contribution >= 4 is 39.4 Å². The minimum atomic E-state index is -1.46. The highest BCUT2D eigenvalue weighted by Gasteiger charge is 2.28. The van der Waals surface area contributed by atoms with Crippen molar-refractivity contribution in [1.29, 1.82) is 0 Å². The van der Waals surface area contributed by atoms with Gasteiger partial charge in [0, 0.05) is 47.2 Å². The van der Waals surface area contributed by atoms with E-state index in [2.05, 4.69) is 15.2 Å². The van der Waals surface area contributed by atoms with Crippen molar-refractivity contribution in [2.45, 2.75) is 11.6 Å². The Bertz CT molecular complexity index is 1400. The smallest absolute Gasteiger partial charge is 0.264 e. The summed E-state index contributed by atoms with van der Waals surface area (Å²) in [5.41, 5.74) is 3.14. The zero-order chi connectivity index (χ0) is 22.9. The molecule has 0 spiro atoms. The third-order valence-corrected chi connectivity index (χ3v) is 7.18. The van der Waals surface area contributed by atoms with Crippen LogP contribution in [0.25, 0.3) is 22.2 Å². The van der Waals surface area contributed by atoms with Crippen LogP contribution < -0.4 is 5.56 Å². The van der Waals surface area contributed by atoms with E-state index >= 15 is 0 Å². The molecule has 0 radical (unpaired) electrons. The number of halogens is 1. The third kappa shape index (κ3) is 4.61. The lowest BCUT2D eigenvalue weighted by atomic mass is 10.1. The van der Waals surface area contributed by atoms with E-state index in [9.17, 15) is 13.8 Å². The van der Waals surface area contributed by atoms with E-state index in [4.69, 9.17) is 11.6 Å². The van der Waals surface area contributed by atoms with Crippen molar-refractivity contribution in [3.63, 3.8) is 0 Å². The molecular weight excluding hydrogens is 462 g/mol. The molecule has 2 N–H and O–H groups in total. The van der Waals surface area contributed by atoms with Crippen LogP contribution in [-0.2, 0) is 22.3 Å². The third-order valence-electron chi connectivity index (χ3n) is 5.57. The van der Waals surface area contributed by atoms with Gasteiger partial charge in [0.2, 0.25) is 5.91 Å². The molecule has 0 saturated carbocycles. The largest absolute Gasteiger partial charge is 0.347 e. The fraction of sp³-hybridized carbons (Fsp3) is 0.174. The van der Waals surface area contributed by atoms with Gasteiger partial charge in [-0.2, -0.15) is 5.10 Å². The van der Waals surface area contributed by atoms with Gasteiger partial charge in [-0.05, 0) is 35.9 Å². The summed E-state index contributed by atoms with van der Waals surface area (Å²) in [6.45, 7) is 1.55. The normalized spacial score (nSPS) is 15.8. The van der Waals surface area contributed by atoms with Gasteiger partial charge in [0.05, 0.1) is 12.2 Å². The first kappa shape index (κ1) is 21.6. The molecule has 33 heavy (non-hydrogen) atoms.